The summed E-state index contributed by atoms with van der Waals surface area (Å²) in [5.74, 6) is 0.952. The molecule has 94 valence electrons. The average Bonchev–Trinajstić information content (AvgIpc) is 2.35. The maximum atomic E-state index is 11.5. The molecule has 17 heavy (non-hydrogen) atoms. The molecule has 0 unspecified atom stereocenters. The number of thioether (sulfide) groups is 1. The van der Waals surface area contributed by atoms with E-state index < -0.39 is 0 Å². The Morgan fingerprint density at radius 2 is 2.18 bits per heavy atom. The van der Waals surface area contributed by atoms with Gasteiger partial charge in [-0.2, -0.15) is 11.8 Å². The molecule has 0 spiro atoms. The Morgan fingerprint density at radius 1 is 1.41 bits per heavy atom. The zero-order valence-corrected chi connectivity index (χ0v) is 10.6. The summed E-state index contributed by atoms with van der Waals surface area (Å²) >= 11 is 1.93. The Labute approximate surface area is 105 Å². The van der Waals surface area contributed by atoms with Gasteiger partial charge in [0.05, 0.1) is 0 Å². The number of nitrogen functional groups attached to an aromatic ring is 1. The van der Waals surface area contributed by atoms with Crippen LogP contribution in [0.25, 0.3) is 0 Å². The van der Waals surface area contributed by atoms with Gasteiger partial charge in [-0.1, -0.05) is 0 Å². The maximum absolute atomic E-state index is 11.5. The second-order valence-electron chi connectivity index (χ2n) is 4.18. The third-order valence-corrected chi connectivity index (χ3v) is 4.22. The molecule has 2 rings (SSSR count). The van der Waals surface area contributed by atoms with Crippen molar-refractivity contribution in [1.29, 1.82) is 0 Å². The van der Waals surface area contributed by atoms with E-state index in [-0.39, 0.29) is 5.56 Å². The normalized spacial score (nSPS) is 17.2. The zero-order chi connectivity index (χ0) is 12.1. The lowest BCUT2D eigenvalue weighted by Crippen LogP contribution is -2.22. The highest BCUT2D eigenvalue weighted by molar-refractivity contribution is 7.99. The number of aryl methyl sites for hydroxylation is 1. The van der Waals surface area contributed by atoms with Gasteiger partial charge in [-0.05, 0) is 18.9 Å². The summed E-state index contributed by atoms with van der Waals surface area (Å²) in [7, 11) is 0. The lowest BCUT2D eigenvalue weighted by Gasteiger charge is -2.21. The molecule has 1 saturated heterocycles. The van der Waals surface area contributed by atoms with E-state index in [0.29, 0.717) is 10.9 Å². The Bertz CT molecular complexity index is 413. The highest BCUT2D eigenvalue weighted by Crippen LogP contribution is 2.21. The van der Waals surface area contributed by atoms with Crippen LogP contribution in [0.5, 0.6) is 0 Å². The van der Waals surface area contributed by atoms with E-state index in [9.17, 15) is 4.79 Å². The summed E-state index contributed by atoms with van der Waals surface area (Å²) < 4.78 is 7.00. The van der Waals surface area contributed by atoms with Gasteiger partial charge in [0.15, 0.2) is 0 Å². The van der Waals surface area contributed by atoms with Crippen LogP contribution in [-0.4, -0.2) is 28.8 Å². The summed E-state index contributed by atoms with van der Waals surface area (Å²) in [5, 5.41) is 0.681. The molecule has 0 saturated carbocycles. The predicted octanol–water partition coefficient (Wildman–Crippen LogP) is 1.34. The number of aromatic nitrogens is 1. The second kappa shape index (κ2) is 6.12. The first-order valence-corrected chi connectivity index (χ1v) is 6.96. The minimum absolute atomic E-state index is 0.0202. The Balaban J connectivity index is 1.81. The molecule has 2 heterocycles. The van der Waals surface area contributed by atoms with Crippen LogP contribution in [-0.2, 0) is 11.3 Å². The highest BCUT2D eigenvalue weighted by atomic mass is 32.2. The molecule has 1 aliphatic heterocycles. The van der Waals surface area contributed by atoms with Gasteiger partial charge >= 0.3 is 0 Å². The molecule has 1 aliphatic rings. The lowest BCUT2D eigenvalue weighted by atomic mass is 10.2. The van der Waals surface area contributed by atoms with E-state index in [1.807, 2.05) is 11.8 Å². The van der Waals surface area contributed by atoms with Crippen molar-refractivity contribution in [1.82, 2.24) is 4.57 Å². The first kappa shape index (κ1) is 12.5. The number of pyridine rings is 1. The highest BCUT2D eigenvalue weighted by Gasteiger charge is 2.13. The molecule has 2 N–H and O–H groups in total. The van der Waals surface area contributed by atoms with Crippen LogP contribution in [0.2, 0.25) is 0 Å². The number of nitrogens with zero attached hydrogens (tertiary/aromatic N) is 1. The largest absolute Gasteiger partial charge is 0.398 e. The third-order valence-electron chi connectivity index (χ3n) is 2.86. The molecule has 5 heteroatoms. The molecule has 1 aromatic heterocycles. The van der Waals surface area contributed by atoms with Crippen LogP contribution in [0.15, 0.2) is 23.1 Å². The summed E-state index contributed by atoms with van der Waals surface area (Å²) in [6.07, 6.45) is 3.96. The molecular formula is C12H18N2O2S. The van der Waals surface area contributed by atoms with E-state index in [2.05, 4.69) is 0 Å². The molecule has 0 atom stereocenters. The molecule has 0 aromatic carbocycles. The fraction of sp³-hybridized carbons (Fsp3) is 0.583. The van der Waals surface area contributed by atoms with Gasteiger partial charge < -0.3 is 15.0 Å². The van der Waals surface area contributed by atoms with Crippen LogP contribution < -0.4 is 11.3 Å². The van der Waals surface area contributed by atoms with E-state index in [4.69, 9.17) is 10.5 Å². The molecule has 0 radical (unpaired) electrons. The quantitative estimate of drug-likeness (QED) is 0.881. The number of hydrogen-bond acceptors (Lipinski definition) is 4. The second-order valence-corrected chi connectivity index (χ2v) is 5.58. The van der Waals surface area contributed by atoms with E-state index in [1.54, 1.807) is 16.8 Å². The molecule has 4 nitrogen and oxygen atoms in total. The summed E-state index contributed by atoms with van der Waals surface area (Å²) in [6, 6.07) is 3.17. The standard InChI is InChI=1S/C12H18N2O2S/c13-10-1-2-12(15)14(9-10)5-8-17-11-3-6-16-7-4-11/h1-2,9,11H,3-8,13H2. The Hall–Kier alpha value is -0.940. The number of anilines is 1. The fourth-order valence-corrected chi connectivity index (χ4v) is 3.05. The van der Waals surface area contributed by atoms with E-state index in [1.165, 1.54) is 6.07 Å². The van der Waals surface area contributed by atoms with Crippen molar-refractivity contribution in [3.05, 3.63) is 28.7 Å². The monoisotopic (exact) mass is 254 g/mol. The molecular weight excluding hydrogens is 236 g/mol. The molecule has 1 fully saturated rings. The Kier molecular flexibility index (Phi) is 4.50. The number of nitrogens with two attached hydrogens (primary N) is 1. The summed E-state index contributed by atoms with van der Waals surface area (Å²) in [5.41, 5.74) is 6.32. The van der Waals surface area contributed by atoms with Gasteiger partial charge in [-0.15, -0.1) is 0 Å². The summed E-state index contributed by atoms with van der Waals surface area (Å²) in [4.78, 5) is 11.5. The van der Waals surface area contributed by atoms with Crippen molar-refractivity contribution in [3.8, 4) is 0 Å². The fourth-order valence-electron chi connectivity index (χ4n) is 1.88. The van der Waals surface area contributed by atoms with Crippen molar-refractivity contribution in [2.75, 3.05) is 24.7 Å². The van der Waals surface area contributed by atoms with Crippen molar-refractivity contribution < 1.29 is 4.74 Å². The third kappa shape index (κ3) is 3.78. The van der Waals surface area contributed by atoms with Gasteiger partial charge in [-0.25, -0.2) is 0 Å². The topological polar surface area (TPSA) is 57.2 Å². The number of ether oxygens (including phenoxy) is 1. The zero-order valence-electron chi connectivity index (χ0n) is 9.80. The molecule has 0 bridgehead atoms. The van der Waals surface area contributed by atoms with Gasteiger partial charge in [0, 0.05) is 48.7 Å². The number of rotatable bonds is 4. The summed E-state index contributed by atoms with van der Waals surface area (Å²) in [6.45, 7) is 2.47. The van der Waals surface area contributed by atoms with Crippen LogP contribution >= 0.6 is 11.8 Å². The van der Waals surface area contributed by atoms with Crippen LogP contribution in [0.3, 0.4) is 0 Å². The van der Waals surface area contributed by atoms with Crippen molar-refractivity contribution >= 4 is 17.4 Å². The van der Waals surface area contributed by atoms with Gasteiger partial charge in [0.1, 0.15) is 0 Å². The van der Waals surface area contributed by atoms with Crippen LogP contribution in [0.4, 0.5) is 5.69 Å². The minimum atomic E-state index is 0.0202. The van der Waals surface area contributed by atoms with E-state index >= 15 is 0 Å². The first-order valence-electron chi connectivity index (χ1n) is 5.91. The SMILES string of the molecule is Nc1ccc(=O)n(CCSC2CCOCC2)c1. The van der Waals surface area contributed by atoms with E-state index in [0.717, 1.165) is 38.4 Å². The molecule has 0 amide bonds. The molecule has 0 aliphatic carbocycles. The number of hydrogen-bond donors (Lipinski definition) is 1. The van der Waals surface area contributed by atoms with Crippen LogP contribution in [0, 0.1) is 0 Å². The first-order chi connectivity index (χ1) is 8.25. The maximum Gasteiger partial charge on any atom is 0.250 e. The van der Waals surface area contributed by atoms with Crippen molar-refractivity contribution in [2.45, 2.75) is 24.6 Å². The van der Waals surface area contributed by atoms with Crippen molar-refractivity contribution in [3.63, 3.8) is 0 Å². The molecule has 1 aromatic rings. The van der Waals surface area contributed by atoms with Gasteiger partial charge in [0.2, 0.25) is 0 Å². The lowest BCUT2D eigenvalue weighted by molar-refractivity contribution is 0.1000. The van der Waals surface area contributed by atoms with Gasteiger partial charge in [-0.3, -0.25) is 4.79 Å². The average molecular weight is 254 g/mol. The van der Waals surface area contributed by atoms with Crippen molar-refractivity contribution in [2.24, 2.45) is 0 Å². The minimum Gasteiger partial charge on any atom is -0.398 e. The van der Waals surface area contributed by atoms with Gasteiger partial charge in [0.25, 0.3) is 5.56 Å². The smallest absolute Gasteiger partial charge is 0.250 e. The van der Waals surface area contributed by atoms with Crippen LogP contribution in [0.1, 0.15) is 12.8 Å². The predicted molar refractivity (Wildman–Crippen MR) is 71.4 cm³/mol. The Morgan fingerprint density at radius 3 is 2.94 bits per heavy atom.